The Morgan fingerprint density at radius 2 is 1.52 bits per heavy atom. The van der Waals surface area contributed by atoms with E-state index in [0.29, 0.717) is 34.1 Å². The number of hydrogen-bond donors (Lipinski definition) is 1. The quantitative estimate of drug-likeness (QED) is 0.613. The van der Waals surface area contributed by atoms with Crippen molar-refractivity contribution < 1.29 is 28.8 Å². The SMILES string of the molecule is COc1ccc(/C=C(\C(=O)O)c2ccc(OC)c(OC)c2)c(OC)c1. The molecule has 2 aromatic carbocycles. The minimum atomic E-state index is -1.06. The second-order valence-electron chi connectivity index (χ2n) is 5.04. The van der Waals surface area contributed by atoms with E-state index in [2.05, 4.69) is 0 Å². The average Bonchev–Trinajstić information content (AvgIpc) is 2.65. The Bertz CT molecular complexity index is 794. The molecule has 0 aliphatic rings. The fourth-order valence-electron chi connectivity index (χ4n) is 2.37. The number of carboxylic acid groups (broad SMARTS) is 1. The Kier molecular flexibility index (Phi) is 5.89. The molecule has 0 saturated carbocycles. The third-order valence-corrected chi connectivity index (χ3v) is 3.67. The molecule has 2 aromatic rings. The highest BCUT2D eigenvalue weighted by molar-refractivity contribution is 6.21. The third kappa shape index (κ3) is 4.03. The van der Waals surface area contributed by atoms with Crippen LogP contribution in [0.5, 0.6) is 23.0 Å². The molecule has 0 atom stereocenters. The number of methoxy groups -OCH3 is 4. The molecule has 0 unspecified atom stereocenters. The minimum absolute atomic E-state index is 0.101. The molecular weight excluding hydrogens is 324 g/mol. The largest absolute Gasteiger partial charge is 0.497 e. The number of benzene rings is 2. The van der Waals surface area contributed by atoms with Crippen molar-refractivity contribution in [2.24, 2.45) is 0 Å². The molecule has 0 spiro atoms. The van der Waals surface area contributed by atoms with E-state index < -0.39 is 5.97 Å². The topological polar surface area (TPSA) is 74.2 Å². The summed E-state index contributed by atoms with van der Waals surface area (Å²) in [6.07, 6.45) is 1.54. The first kappa shape index (κ1) is 18.2. The van der Waals surface area contributed by atoms with Gasteiger partial charge in [-0.25, -0.2) is 4.79 Å². The summed E-state index contributed by atoms with van der Waals surface area (Å²) < 4.78 is 20.9. The molecule has 0 radical (unpaired) electrons. The molecule has 25 heavy (non-hydrogen) atoms. The first-order chi connectivity index (χ1) is 12.0. The van der Waals surface area contributed by atoms with Gasteiger partial charge in [0.2, 0.25) is 0 Å². The zero-order valence-corrected chi connectivity index (χ0v) is 14.5. The number of hydrogen-bond acceptors (Lipinski definition) is 5. The number of aliphatic carboxylic acids is 1. The van der Waals surface area contributed by atoms with E-state index in [1.54, 1.807) is 49.6 Å². The van der Waals surface area contributed by atoms with E-state index in [-0.39, 0.29) is 5.57 Å². The normalized spacial score (nSPS) is 11.0. The van der Waals surface area contributed by atoms with E-state index in [1.165, 1.54) is 21.3 Å². The molecule has 0 heterocycles. The van der Waals surface area contributed by atoms with Crippen LogP contribution in [0.15, 0.2) is 36.4 Å². The number of carboxylic acids is 1. The molecule has 6 heteroatoms. The van der Waals surface area contributed by atoms with Gasteiger partial charge in [0.05, 0.1) is 34.0 Å². The Balaban J connectivity index is 2.55. The van der Waals surface area contributed by atoms with Gasteiger partial charge in [0.15, 0.2) is 11.5 Å². The summed E-state index contributed by atoms with van der Waals surface area (Å²) in [5.41, 5.74) is 1.21. The summed E-state index contributed by atoms with van der Waals surface area (Å²) in [6, 6.07) is 10.1. The van der Waals surface area contributed by atoms with Gasteiger partial charge in [-0.05, 0) is 35.9 Å². The van der Waals surface area contributed by atoms with E-state index in [0.717, 1.165) is 0 Å². The predicted octanol–water partition coefficient (Wildman–Crippen LogP) is 3.35. The molecule has 0 aromatic heterocycles. The fraction of sp³-hybridized carbons (Fsp3) is 0.211. The van der Waals surface area contributed by atoms with E-state index >= 15 is 0 Å². The summed E-state index contributed by atoms with van der Waals surface area (Å²) in [4.78, 5) is 11.8. The van der Waals surface area contributed by atoms with E-state index in [9.17, 15) is 9.90 Å². The average molecular weight is 344 g/mol. The van der Waals surface area contributed by atoms with Crippen molar-refractivity contribution in [2.45, 2.75) is 0 Å². The van der Waals surface area contributed by atoms with Crippen LogP contribution in [-0.4, -0.2) is 39.5 Å². The van der Waals surface area contributed by atoms with Crippen molar-refractivity contribution in [3.05, 3.63) is 47.5 Å². The van der Waals surface area contributed by atoms with Crippen LogP contribution < -0.4 is 18.9 Å². The smallest absolute Gasteiger partial charge is 0.336 e. The van der Waals surface area contributed by atoms with Crippen molar-refractivity contribution in [1.29, 1.82) is 0 Å². The molecule has 1 N–H and O–H groups in total. The maximum absolute atomic E-state index is 11.8. The second kappa shape index (κ2) is 8.10. The number of ether oxygens (including phenoxy) is 4. The van der Waals surface area contributed by atoms with Crippen LogP contribution >= 0.6 is 0 Å². The summed E-state index contributed by atoms with van der Waals surface area (Å²) in [5.74, 6) is 1.05. The highest BCUT2D eigenvalue weighted by Crippen LogP contribution is 2.33. The molecule has 0 aliphatic heterocycles. The predicted molar refractivity (Wildman–Crippen MR) is 94.6 cm³/mol. The molecule has 6 nitrogen and oxygen atoms in total. The van der Waals surface area contributed by atoms with Crippen LogP contribution in [0.2, 0.25) is 0 Å². The number of rotatable bonds is 7. The first-order valence-corrected chi connectivity index (χ1v) is 7.43. The van der Waals surface area contributed by atoms with Gasteiger partial charge in [0.1, 0.15) is 11.5 Å². The van der Waals surface area contributed by atoms with Gasteiger partial charge < -0.3 is 24.1 Å². The van der Waals surface area contributed by atoms with Crippen molar-refractivity contribution in [3.8, 4) is 23.0 Å². The van der Waals surface area contributed by atoms with Gasteiger partial charge in [0, 0.05) is 11.6 Å². The van der Waals surface area contributed by atoms with Crippen molar-refractivity contribution >= 4 is 17.6 Å². The Morgan fingerprint density at radius 3 is 2.08 bits per heavy atom. The monoisotopic (exact) mass is 344 g/mol. The van der Waals surface area contributed by atoms with Gasteiger partial charge in [-0.2, -0.15) is 0 Å². The molecule has 0 aliphatic carbocycles. The van der Waals surface area contributed by atoms with E-state index in [4.69, 9.17) is 18.9 Å². The summed E-state index contributed by atoms with van der Waals surface area (Å²) in [6.45, 7) is 0. The van der Waals surface area contributed by atoms with Crippen LogP contribution in [0.3, 0.4) is 0 Å². The lowest BCUT2D eigenvalue weighted by atomic mass is 10.0. The molecule has 0 amide bonds. The van der Waals surface area contributed by atoms with Crippen molar-refractivity contribution in [3.63, 3.8) is 0 Å². The third-order valence-electron chi connectivity index (χ3n) is 3.67. The van der Waals surface area contributed by atoms with Crippen LogP contribution in [0.25, 0.3) is 11.6 Å². The van der Waals surface area contributed by atoms with Crippen molar-refractivity contribution in [1.82, 2.24) is 0 Å². The molecule has 132 valence electrons. The van der Waals surface area contributed by atoms with Gasteiger partial charge in [-0.1, -0.05) is 6.07 Å². The number of carbonyl (C=O) groups is 1. The Morgan fingerprint density at radius 1 is 0.840 bits per heavy atom. The van der Waals surface area contributed by atoms with Gasteiger partial charge in [-0.15, -0.1) is 0 Å². The molecule has 0 fully saturated rings. The lowest BCUT2D eigenvalue weighted by molar-refractivity contribution is -0.130. The second-order valence-corrected chi connectivity index (χ2v) is 5.04. The van der Waals surface area contributed by atoms with Crippen LogP contribution in [-0.2, 0) is 4.79 Å². The maximum Gasteiger partial charge on any atom is 0.336 e. The highest BCUT2D eigenvalue weighted by atomic mass is 16.5. The standard InChI is InChI=1S/C19H20O6/c1-22-14-7-5-13(17(11-14)24-3)9-15(19(20)21)12-6-8-16(23-2)18(10-12)25-4/h5-11H,1-4H3,(H,20,21)/b15-9-. The highest BCUT2D eigenvalue weighted by Gasteiger charge is 2.15. The van der Waals surface area contributed by atoms with Crippen LogP contribution in [0, 0.1) is 0 Å². The van der Waals surface area contributed by atoms with E-state index in [1.807, 2.05) is 0 Å². The van der Waals surface area contributed by atoms with Crippen molar-refractivity contribution in [2.75, 3.05) is 28.4 Å². The summed E-state index contributed by atoms with van der Waals surface area (Å²) in [5, 5.41) is 9.64. The summed E-state index contributed by atoms with van der Waals surface area (Å²) in [7, 11) is 6.09. The summed E-state index contributed by atoms with van der Waals surface area (Å²) >= 11 is 0. The maximum atomic E-state index is 11.8. The molecule has 0 saturated heterocycles. The van der Waals surface area contributed by atoms with Gasteiger partial charge in [0.25, 0.3) is 0 Å². The Labute approximate surface area is 146 Å². The lowest BCUT2D eigenvalue weighted by Gasteiger charge is -2.11. The minimum Gasteiger partial charge on any atom is -0.497 e. The molecule has 0 bridgehead atoms. The van der Waals surface area contributed by atoms with Crippen LogP contribution in [0.4, 0.5) is 0 Å². The van der Waals surface area contributed by atoms with Gasteiger partial charge >= 0.3 is 5.97 Å². The Hall–Kier alpha value is -3.15. The molecule has 2 rings (SSSR count). The van der Waals surface area contributed by atoms with Crippen LogP contribution in [0.1, 0.15) is 11.1 Å². The van der Waals surface area contributed by atoms with Gasteiger partial charge in [-0.3, -0.25) is 0 Å². The fourth-order valence-corrected chi connectivity index (χ4v) is 2.37. The molecular formula is C19H20O6. The zero-order chi connectivity index (χ0) is 18.4. The first-order valence-electron chi connectivity index (χ1n) is 7.43. The zero-order valence-electron chi connectivity index (χ0n) is 14.5. The lowest BCUT2D eigenvalue weighted by Crippen LogP contribution is -2.01.